The average molecular weight is 218 g/mol. The quantitative estimate of drug-likeness (QED) is 0.722. The number of rotatable bonds is 1. The van der Waals surface area contributed by atoms with Crippen molar-refractivity contribution in [2.75, 3.05) is 0 Å². The van der Waals surface area contributed by atoms with E-state index in [2.05, 4.69) is 9.97 Å². The van der Waals surface area contributed by atoms with Crippen molar-refractivity contribution in [3.05, 3.63) is 51.0 Å². The van der Waals surface area contributed by atoms with Gasteiger partial charge in [0.15, 0.2) is 4.77 Å². The van der Waals surface area contributed by atoms with Crippen LogP contribution in [0.3, 0.4) is 0 Å². The van der Waals surface area contributed by atoms with Crippen LogP contribution in [-0.4, -0.2) is 9.97 Å². The normalized spacial score (nSPS) is 10.2. The van der Waals surface area contributed by atoms with E-state index in [1.165, 1.54) is 11.6 Å². The molecule has 0 spiro atoms. The van der Waals surface area contributed by atoms with Gasteiger partial charge in [0.2, 0.25) is 0 Å². The number of aromatic amines is 2. The minimum atomic E-state index is -0.186. The second kappa shape index (κ2) is 3.82. The molecule has 1 heterocycles. The highest BCUT2D eigenvalue weighted by molar-refractivity contribution is 7.71. The van der Waals surface area contributed by atoms with E-state index in [0.29, 0.717) is 4.77 Å². The summed E-state index contributed by atoms with van der Waals surface area (Å²) in [5.74, 6) is 0. The van der Waals surface area contributed by atoms with Gasteiger partial charge in [-0.15, -0.1) is 0 Å². The molecule has 0 amide bonds. The number of nitrogens with one attached hydrogen (secondary N) is 2. The Bertz CT molecular complexity index is 552. The lowest BCUT2D eigenvalue weighted by Crippen LogP contribution is -2.06. The second-order valence-electron chi connectivity index (χ2n) is 3.37. The summed E-state index contributed by atoms with van der Waals surface area (Å²) in [6.07, 6.45) is 0. The Labute approximate surface area is 91.8 Å². The minimum absolute atomic E-state index is 0.186. The van der Waals surface area contributed by atoms with Crippen LogP contribution in [-0.2, 0) is 0 Å². The van der Waals surface area contributed by atoms with Crippen LogP contribution in [0.25, 0.3) is 11.3 Å². The van der Waals surface area contributed by atoms with Crippen LogP contribution in [0.2, 0.25) is 0 Å². The Balaban J connectivity index is 2.59. The highest BCUT2D eigenvalue weighted by Crippen LogP contribution is 2.14. The molecule has 4 heteroatoms. The molecule has 2 aromatic rings. The van der Waals surface area contributed by atoms with E-state index in [1.807, 2.05) is 31.2 Å². The van der Waals surface area contributed by atoms with Gasteiger partial charge >= 0.3 is 0 Å². The third-order valence-corrected chi connectivity index (χ3v) is 2.33. The van der Waals surface area contributed by atoms with E-state index < -0.39 is 0 Å². The summed E-state index contributed by atoms with van der Waals surface area (Å²) in [4.78, 5) is 16.6. The molecule has 0 aliphatic heterocycles. The number of hydrogen-bond acceptors (Lipinski definition) is 2. The molecular weight excluding hydrogens is 208 g/mol. The molecule has 0 aliphatic rings. The van der Waals surface area contributed by atoms with Crippen LogP contribution in [0.5, 0.6) is 0 Å². The molecule has 1 aromatic carbocycles. The molecule has 0 atom stereocenters. The van der Waals surface area contributed by atoms with Crippen molar-refractivity contribution < 1.29 is 0 Å². The fourth-order valence-electron chi connectivity index (χ4n) is 1.36. The molecule has 0 saturated heterocycles. The fourth-order valence-corrected chi connectivity index (χ4v) is 1.57. The first-order chi connectivity index (χ1) is 7.15. The number of aromatic nitrogens is 2. The van der Waals surface area contributed by atoms with E-state index in [9.17, 15) is 4.79 Å². The van der Waals surface area contributed by atoms with Gasteiger partial charge in [-0.2, -0.15) is 0 Å². The zero-order valence-corrected chi connectivity index (χ0v) is 9.02. The lowest BCUT2D eigenvalue weighted by molar-refractivity contribution is 1.09. The molecule has 3 nitrogen and oxygen atoms in total. The average Bonchev–Trinajstić information content (AvgIpc) is 2.17. The highest BCUT2D eigenvalue weighted by Gasteiger charge is 1.98. The SMILES string of the molecule is Cc1ccc(-c2cc(=O)[nH]c(=S)[nH]2)cc1. The van der Waals surface area contributed by atoms with Gasteiger partial charge in [-0.1, -0.05) is 29.8 Å². The van der Waals surface area contributed by atoms with Crippen LogP contribution in [0.15, 0.2) is 35.1 Å². The molecule has 0 unspecified atom stereocenters. The minimum Gasteiger partial charge on any atom is -0.332 e. The van der Waals surface area contributed by atoms with E-state index >= 15 is 0 Å². The Morgan fingerprint density at radius 3 is 2.40 bits per heavy atom. The zero-order valence-electron chi connectivity index (χ0n) is 8.20. The van der Waals surface area contributed by atoms with Gasteiger partial charge in [-0.25, -0.2) is 0 Å². The first-order valence-corrected chi connectivity index (χ1v) is 4.97. The van der Waals surface area contributed by atoms with Gasteiger partial charge in [0, 0.05) is 6.07 Å². The van der Waals surface area contributed by atoms with Gasteiger partial charge in [-0.05, 0) is 24.7 Å². The Kier molecular flexibility index (Phi) is 2.51. The maximum absolute atomic E-state index is 11.2. The van der Waals surface area contributed by atoms with E-state index in [-0.39, 0.29) is 5.56 Å². The van der Waals surface area contributed by atoms with Crippen LogP contribution in [0.4, 0.5) is 0 Å². The molecule has 0 bridgehead atoms. The number of benzene rings is 1. The standard InChI is InChI=1S/C11H10N2OS/c1-7-2-4-8(5-3-7)9-6-10(14)13-11(15)12-9/h2-6H,1H3,(H2,12,13,14,15). The van der Waals surface area contributed by atoms with Crippen LogP contribution >= 0.6 is 12.2 Å². The third kappa shape index (κ3) is 2.22. The van der Waals surface area contributed by atoms with Gasteiger partial charge in [0.25, 0.3) is 5.56 Å². The van der Waals surface area contributed by atoms with Crippen molar-refractivity contribution in [3.8, 4) is 11.3 Å². The van der Waals surface area contributed by atoms with Crippen molar-refractivity contribution in [1.82, 2.24) is 9.97 Å². The highest BCUT2D eigenvalue weighted by atomic mass is 32.1. The maximum atomic E-state index is 11.2. The smallest absolute Gasteiger partial charge is 0.252 e. The largest absolute Gasteiger partial charge is 0.332 e. The van der Waals surface area contributed by atoms with Crippen LogP contribution in [0.1, 0.15) is 5.56 Å². The van der Waals surface area contributed by atoms with Crippen LogP contribution in [0, 0.1) is 11.7 Å². The molecule has 2 rings (SSSR count). The molecule has 0 aliphatic carbocycles. The first kappa shape index (κ1) is 9.86. The van der Waals surface area contributed by atoms with Gasteiger partial charge in [0.05, 0.1) is 5.69 Å². The first-order valence-electron chi connectivity index (χ1n) is 4.56. The van der Waals surface area contributed by atoms with E-state index in [0.717, 1.165) is 11.3 Å². The van der Waals surface area contributed by atoms with Crippen molar-refractivity contribution >= 4 is 12.2 Å². The molecule has 0 radical (unpaired) electrons. The van der Waals surface area contributed by atoms with Gasteiger partial charge in [-0.3, -0.25) is 9.78 Å². The number of aryl methyl sites for hydroxylation is 1. The summed E-state index contributed by atoms with van der Waals surface area (Å²) < 4.78 is 0.345. The predicted molar refractivity (Wildman–Crippen MR) is 62.4 cm³/mol. The summed E-state index contributed by atoms with van der Waals surface area (Å²) in [5.41, 5.74) is 2.69. The molecule has 15 heavy (non-hydrogen) atoms. The lowest BCUT2D eigenvalue weighted by Gasteiger charge is -2.01. The fraction of sp³-hybridized carbons (Fsp3) is 0.0909. The second-order valence-corrected chi connectivity index (χ2v) is 3.78. The van der Waals surface area contributed by atoms with Gasteiger partial charge in [0.1, 0.15) is 0 Å². The predicted octanol–water partition coefficient (Wildman–Crippen LogP) is 2.41. The van der Waals surface area contributed by atoms with E-state index in [4.69, 9.17) is 12.2 Å². The molecule has 1 aromatic heterocycles. The summed E-state index contributed by atoms with van der Waals surface area (Å²) in [5, 5.41) is 0. The topological polar surface area (TPSA) is 48.6 Å². The molecule has 76 valence electrons. The summed E-state index contributed by atoms with van der Waals surface area (Å²) in [7, 11) is 0. The lowest BCUT2D eigenvalue weighted by atomic mass is 10.1. The Morgan fingerprint density at radius 2 is 1.80 bits per heavy atom. The number of H-pyrrole nitrogens is 2. The Morgan fingerprint density at radius 1 is 1.13 bits per heavy atom. The molecule has 2 N–H and O–H groups in total. The van der Waals surface area contributed by atoms with Crippen molar-refractivity contribution in [2.45, 2.75) is 6.92 Å². The molecular formula is C11H10N2OS. The molecule has 0 saturated carbocycles. The Hall–Kier alpha value is -1.68. The van der Waals surface area contributed by atoms with Crippen molar-refractivity contribution in [1.29, 1.82) is 0 Å². The van der Waals surface area contributed by atoms with Gasteiger partial charge < -0.3 is 4.98 Å². The summed E-state index contributed by atoms with van der Waals surface area (Å²) >= 11 is 4.90. The third-order valence-electron chi connectivity index (χ3n) is 2.12. The monoisotopic (exact) mass is 218 g/mol. The summed E-state index contributed by atoms with van der Waals surface area (Å²) in [6, 6.07) is 9.39. The van der Waals surface area contributed by atoms with Crippen molar-refractivity contribution in [2.24, 2.45) is 0 Å². The van der Waals surface area contributed by atoms with E-state index in [1.54, 1.807) is 0 Å². The van der Waals surface area contributed by atoms with Crippen LogP contribution < -0.4 is 5.56 Å². The maximum Gasteiger partial charge on any atom is 0.252 e. The zero-order chi connectivity index (χ0) is 10.8. The molecule has 0 fully saturated rings. The van der Waals surface area contributed by atoms with Crippen molar-refractivity contribution in [3.63, 3.8) is 0 Å². The summed E-state index contributed by atoms with van der Waals surface area (Å²) in [6.45, 7) is 2.02. The number of hydrogen-bond donors (Lipinski definition) is 2.